The minimum Gasteiger partial charge on any atom is -0.494 e. The first kappa shape index (κ1) is 25.1. The van der Waals surface area contributed by atoms with Crippen LogP contribution in [0.4, 0.5) is 10.5 Å². The topological polar surface area (TPSA) is 84.9 Å². The Bertz CT molecular complexity index is 1270. The Kier molecular flexibility index (Phi) is 8.07. The first-order valence-corrected chi connectivity index (χ1v) is 12.3. The summed E-state index contributed by atoms with van der Waals surface area (Å²) >= 11 is 0.816. The lowest BCUT2D eigenvalue weighted by molar-refractivity contribution is -0.127. The molecule has 0 spiro atoms. The van der Waals surface area contributed by atoms with Crippen LogP contribution < -0.4 is 14.8 Å². The lowest BCUT2D eigenvalue weighted by Gasteiger charge is -2.12. The second kappa shape index (κ2) is 11.6. The maximum atomic E-state index is 12.8. The summed E-state index contributed by atoms with van der Waals surface area (Å²) in [5, 5.41) is 2.21. The SMILES string of the molecule is CCOc1ccc(NC(=O)CN2C(=O)S/C(=C/c3ccc(OCc4ccc(C)cc4)cc3)C2=O)cc1. The molecule has 0 aromatic heterocycles. The van der Waals surface area contributed by atoms with E-state index >= 15 is 0 Å². The second-order valence-corrected chi connectivity index (χ2v) is 9.11. The number of nitrogens with zero attached hydrogens (tertiary/aromatic N) is 1. The molecule has 0 bridgehead atoms. The number of carbonyl (C=O) groups excluding carboxylic acids is 3. The molecule has 1 fully saturated rings. The molecule has 1 aliphatic heterocycles. The van der Waals surface area contributed by atoms with E-state index in [1.807, 2.05) is 62.4 Å². The Morgan fingerprint density at radius 1 is 0.917 bits per heavy atom. The smallest absolute Gasteiger partial charge is 0.294 e. The summed E-state index contributed by atoms with van der Waals surface area (Å²) in [6.07, 6.45) is 1.64. The molecule has 0 atom stereocenters. The average molecular weight is 503 g/mol. The minimum atomic E-state index is -0.494. The quantitative estimate of drug-likeness (QED) is 0.381. The van der Waals surface area contributed by atoms with Crippen LogP contribution in [-0.4, -0.2) is 35.1 Å². The number of amides is 3. The number of imide groups is 1. The Hall–Kier alpha value is -4.04. The summed E-state index contributed by atoms with van der Waals surface area (Å²) in [4.78, 5) is 38.8. The fourth-order valence-corrected chi connectivity index (χ4v) is 4.28. The summed E-state index contributed by atoms with van der Waals surface area (Å²) in [5.41, 5.74) is 3.57. The van der Waals surface area contributed by atoms with Crippen molar-refractivity contribution in [2.45, 2.75) is 20.5 Å². The molecule has 4 rings (SSSR count). The van der Waals surface area contributed by atoms with Gasteiger partial charge in [0.25, 0.3) is 11.1 Å². The molecule has 184 valence electrons. The number of benzene rings is 3. The number of carbonyl (C=O) groups is 3. The van der Waals surface area contributed by atoms with Gasteiger partial charge < -0.3 is 14.8 Å². The fourth-order valence-electron chi connectivity index (χ4n) is 3.44. The van der Waals surface area contributed by atoms with Crippen molar-refractivity contribution in [3.05, 3.63) is 94.4 Å². The molecule has 0 radical (unpaired) electrons. The number of anilines is 1. The van der Waals surface area contributed by atoms with Crippen molar-refractivity contribution >= 4 is 40.6 Å². The molecule has 36 heavy (non-hydrogen) atoms. The molecular weight excluding hydrogens is 476 g/mol. The molecule has 1 heterocycles. The maximum absolute atomic E-state index is 12.8. The average Bonchev–Trinajstić information content (AvgIpc) is 3.13. The van der Waals surface area contributed by atoms with Crippen LogP contribution in [0.2, 0.25) is 0 Å². The largest absolute Gasteiger partial charge is 0.494 e. The van der Waals surface area contributed by atoms with Crippen LogP contribution in [0.25, 0.3) is 6.08 Å². The molecule has 3 aromatic carbocycles. The van der Waals surface area contributed by atoms with E-state index in [1.54, 1.807) is 30.3 Å². The van der Waals surface area contributed by atoms with E-state index in [9.17, 15) is 14.4 Å². The van der Waals surface area contributed by atoms with Gasteiger partial charge in [-0.2, -0.15) is 0 Å². The maximum Gasteiger partial charge on any atom is 0.294 e. The van der Waals surface area contributed by atoms with Crippen molar-refractivity contribution in [3.63, 3.8) is 0 Å². The molecule has 3 aromatic rings. The van der Waals surface area contributed by atoms with Crippen LogP contribution in [0, 0.1) is 6.92 Å². The van der Waals surface area contributed by atoms with Crippen molar-refractivity contribution in [1.29, 1.82) is 0 Å². The number of rotatable bonds is 9. The Balaban J connectivity index is 1.33. The normalized spacial score (nSPS) is 14.3. The summed E-state index contributed by atoms with van der Waals surface area (Å²) in [6, 6.07) is 22.3. The highest BCUT2D eigenvalue weighted by molar-refractivity contribution is 8.18. The summed E-state index contributed by atoms with van der Waals surface area (Å²) in [6.45, 7) is 4.57. The van der Waals surface area contributed by atoms with Gasteiger partial charge in [0.05, 0.1) is 11.5 Å². The van der Waals surface area contributed by atoms with Crippen molar-refractivity contribution in [2.24, 2.45) is 0 Å². The van der Waals surface area contributed by atoms with Crippen molar-refractivity contribution < 1.29 is 23.9 Å². The highest BCUT2D eigenvalue weighted by Gasteiger charge is 2.36. The van der Waals surface area contributed by atoms with Crippen LogP contribution in [0.5, 0.6) is 11.5 Å². The highest BCUT2D eigenvalue weighted by atomic mass is 32.2. The number of hydrogen-bond donors (Lipinski definition) is 1. The number of ether oxygens (including phenoxy) is 2. The Labute approximate surface area is 214 Å². The van der Waals surface area contributed by atoms with E-state index in [2.05, 4.69) is 5.32 Å². The van der Waals surface area contributed by atoms with Gasteiger partial charge in [0.1, 0.15) is 24.7 Å². The second-order valence-electron chi connectivity index (χ2n) is 8.12. The number of thioether (sulfide) groups is 1. The van der Waals surface area contributed by atoms with Crippen LogP contribution in [0.15, 0.2) is 77.7 Å². The van der Waals surface area contributed by atoms with Crippen LogP contribution in [0.3, 0.4) is 0 Å². The molecule has 1 saturated heterocycles. The van der Waals surface area contributed by atoms with Gasteiger partial charge in [-0.1, -0.05) is 42.0 Å². The lowest BCUT2D eigenvalue weighted by atomic mass is 10.1. The fraction of sp³-hybridized carbons (Fsp3) is 0.179. The van der Waals surface area contributed by atoms with Gasteiger partial charge in [0.15, 0.2) is 0 Å². The van der Waals surface area contributed by atoms with E-state index < -0.39 is 17.1 Å². The molecule has 0 unspecified atom stereocenters. The van der Waals surface area contributed by atoms with Crippen molar-refractivity contribution in [3.8, 4) is 11.5 Å². The number of aryl methyl sites for hydroxylation is 1. The minimum absolute atomic E-state index is 0.266. The van der Waals surface area contributed by atoms with Crippen LogP contribution in [0.1, 0.15) is 23.6 Å². The number of hydrogen-bond acceptors (Lipinski definition) is 6. The third-order valence-electron chi connectivity index (χ3n) is 5.33. The summed E-state index contributed by atoms with van der Waals surface area (Å²) in [7, 11) is 0. The molecule has 8 heteroatoms. The number of nitrogens with one attached hydrogen (secondary N) is 1. The zero-order valence-corrected chi connectivity index (χ0v) is 20.8. The molecule has 3 amide bonds. The standard InChI is InChI=1S/C28H26N2O5S/c1-3-34-23-14-10-22(11-15-23)29-26(31)17-30-27(32)25(36-28(30)33)16-20-8-12-24(13-9-20)35-18-21-6-4-19(2)5-7-21/h4-16H,3,17-18H2,1-2H3,(H,29,31)/b25-16+. The molecule has 0 aliphatic carbocycles. The van der Waals surface area contributed by atoms with E-state index in [-0.39, 0.29) is 11.4 Å². The molecule has 1 N–H and O–H groups in total. The van der Waals surface area contributed by atoms with Gasteiger partial charge in [0, 0.05) is 5.69 Å². The Morgan fingerprint density at radius 3 is 2.22 bits per heavy atom. The molecule has 7 nitrogen and oxygen atoms in total. The Morgan fingerprint density at radius 2 is 1.56 bits per heavy atom. The highest BCUT2D eigenvalue weighted by Crippen LogP contribution is 2.32. The predicted octanol–water partition coefficient (Wildman–Crippen LogP) is 5.65. The van der Waals surface area contributed by atoms with Crippen LogP contribution >= 0.6 is 11.8 Å². The van der Waals surface area contributed by atoms with E-state index in [4.69, 9.17) is 9.47 Å². The molecule has 1 aliphatic rings. The van der Waals surface area contributed by atoms with Gasteiger partial charge in [-0.05, 0) is 79.2 Å². The lowest BCUT2D eigenvalue weighted by Crippen LogP contribution is -2.36. The zero-order valence-electron chi connectivity index (χ0n) is 20.0. The van der Waals surface area contributed by atoms with E-state index in [0.717, 1.165) is 27.8 Å². The van der Waals surface area contributed by atoms with Gasteiger partial charge in [0.2, 0.25) is 5.91 Å². The molecular formula is C28H26N2O5S. The third-order valence-corrected chi connectivity index (χ3v) is 6.24. The van der Waals surface area contributed by atoms with Crippen molar-refractivity contribution in [2.75, 3.05) is 18.5 Å². The van der Waals surface area contributed by atoms with Gasteiger partial charge in [-0.25, -0.2) is 0 Å². The third kappa shape index (κ3) is 6.55. The summed E-state index contributed by atoms with van der Waals surface area (Å²) < 4.78 is 11.2. The first-order valence-electron chi connectivity index (χ1n) is 11.5. The van der Waals surface area contributed by atoms with E-state index in [0.29, 0.717) is 30.4 Å². The predicted molar refractivity (Wildman–Crippen MR) is 141 cm³/mol. The van der Waals surface area contributed by atoms with Gasteiger partial charge in [-0.15, -0.1) is 0 Å². The zero-order chi connectivity index (χ0) is 25.5. The van der Waals surface area contributed by atoms with E-state index in [1.165, 1.54) is 5.56 Å². The van der Waals surface area contributed by atoms with Crippen LogP contribution in [-0.2, 0) is 16.2 Å². The first-order chi connectivity index (χ1) is 17.4. The molecule has 0 saturated carbocycles. The van der Waals surface area contributed by atoms with Gasteiger partial charge in [-0.3, -0.25) is 19.3 Å². The summed E-state index contributed by atoms with van der Waals surface area (Å²) in [5.74, 6) is 0.438. The van der Waals surface area contributed by atoms with Crippen molar-refractivity contribution in [1.82, 2.24) is 4.90 Å². The van der Waals surface area contributed by atoms with Gasteiger partial charge >= 0.3 is 0 Å². The monoisotopic (exact) mass is 502 g/mol.